The van der Waals surface area contributed by atoms with Gasteiger partial charge < -0.3 is 25.7 Å². The number of nitrogens with zero attached hydrogens (tertiary/aromatic N) is 1. The Morgan fingerprint density at radius 1 is 1.09 bits per heavy atom. The van der Waals surface area contributed by atoms with Crippen LogP contribution in [-0.2, 0) is 22.6 Å². The van der Waals surface area contributed by atoms with Gasteiger partial charge in [-0.15, -0.1) is 6.58 Å². The van der Waals surface area contributed by atoms with Crippen LogP contribution in [0, 0.1) is 12.7 Å². The van der Waals surface area contributed by atoms with E-state index in [0.29, 0.717) is 16.0 Å². The second-order valence-corrected chi connectivity index (χ2v) is 10.9. The van der Waals surface area contributed by atoms with E-state index in [0.717, 1.165) is 18.2 Å². The van der Waals surface area contributed by atoms with E-state index >= 15 is 0 Å². The van der Waals surface area contributed by atoms with E-state index in [1.54, 1.807) is 30.3 Å². The first-order valence-electron chi connectivity index (χ1n) is 14.1. The Kier molecular flexibility index (Phi) is 12.2. The lowest BCUT2D eigenvalue weighted by Gasteiger charge is -2.35. The maximum atomic E-state index is 14.8. The average Bonchev–Trinajstić information content (AvgIpc) is 3.01. The van der Waals surface area contributed by atoms with Crippen molar-refractivity contribution in [3.05, 3.63) is 112 Å². The van der Waals surface area contributed by atoms with Crippen LogP contribution in [0.3, 0.4) is 0 Å². The van der Waals surface area contributed by atoms with Gasteiger partial charge in [0.2, 0.25) is 5.91 Å². The summed E-state index contributed by atoms with van der Waals surface area (Å²) in [7, 11) is 0. The molecule has 0 spiro atoms. The smallest absolute Gasteiger partial charge is 0.265 e. The zero-order valence-electron chi connectivity index (χ0n) is 24.8. The Morgan fingerprint density at radius 3 is 2.40 bits per heavy atom. The number of alkyl halides is 2. The normalized spacial score (nSPS) is 13.3. The first-order valence-corrected chi connectivity index (χ1v) is 14.5. The average molecular weight is 646 g/mol. The van der Waals surface area contributed by atoms with Crippen molar-refractivity contribution in [3.8, 4) is 5.75 Å². The fourth-order valence-electron chi connectivity index (χ4n) is 4.57. The van der Waals surface area contributed by atoms with Gasteiger partial charge in [0.05, 0.1) is 12.6 Å². The van der Waals surface area contributed by atoms with Gasteiger partial charge in [0.15, 0.2) is 6.10 Å². The van der Waals surface area contributed by atoms with Crippen molar-refractivity contribution >= 4 is 29.3 Å². The van der Waals surface area contributed by atoms with Crippen LogP contribution in [0.5, 0.6) is 5.75 Å². The van der Waals surface area contributed by atoms with E-state index in [4.69, 9.17) is 11.6 Å². The molecular formula is C33H35ClF3N3O5. The number of amides is 3. The van der Waals surface area contributed by atoms with Gasteiger partial charge >= 0.3 is 0 Å². The number of aliphatic hydroxyl groups excluding tert-OH is 1. The van der Waals surface area contributed by atoms with Gasteiger partial charge in [0, 0.05) is 29.1 Å². The standard InChI is InChI=1S/C33H35ClF3N3O5/c1-4-27(31(44)38-18-22-14-15-23(35)17-25(22)34)40(19-33(36,37)5-2)32(45)29(42)26(16-21-10-7-6-8-11-21)39-30(43)24-12-9-13-28(41)20(24)3/h4,6-15,17,26-27,29,41-42H,1,5,16,18-19H2,2-3H3,(H,38,44)(H,39,43)/t26-,27-,29-/m0/s1. The zero-order chi connectivity index (χ0) is 33.3. The van der Waals surface area contributed by atoms with Crippen molar-refractivity contribution < 1.29 is 37.8 Å². The van der Waals surface area contributed by atoms with Gasteiger partial charge in [0.1, 0.15) is 17.6 Å². The Labute approximate surface area is 264 Å². The van der Waals surface area contributed by atoms with Crippen LogP contribution in [0.2, 0.25) is 5.02 Å². The molecule has 0 aliphatic rings. The van der Waals surface area contributed by atoms with Crippen LogP contribution in [0.1, 0.15) is 40.4 Å². The summed E-state index contributed by atoms with van der Waals surface area (Å²) < 4.78 is 43.0. The summed E-state index contributed by atoms with van der Waals surface area (Å²) >= 11 is 6.04. The lowest BCUT2D eigenvalue weighted by atomic mass is 9.98. The number of benzene rings is 3. The number of phenols is 1. The van der Waals surface area contributed by atoms with E-state index in [9.17, 15) is 37.8 Å². The number of aliphatic hydroxyl groups is 1. The topological polar surface area (TPSA) is 119 Å². The number of nitrogens with one attached hydrogen (secondary N) is 2. The molecule has 3 aromatic rings. The monoisotopic (exact) mass is 645 g/mol. The third-order valence-electron chi connectivity index (χ3n) is 7.30. The minimum Gasteiger partial charge on any atom is -0.508 e. The summed E-state index contributed by atoms with van der Waals surface area (Å²) in [6.07, 6.45) is -1.85. The molecule has 0 aliphatic carbocycles. The Morgan fingerprint density at radius 2 is 1.78 bits per heavy atom. The van der Waals surface area contributed by atoms with E-state index in [2.05, 4.69) is 17.2 Å². The molecule has 8 nitrogen and oxygen atoms in total. The van der Waals surface area contributed by atoms with E-state index in [1.807, 2.05) is 0 Å². The minimum atomic E-state index is -3.45. The Hall–Kier alpha value is -4.35. The van der Waals surface area contributed by atoms with E-state index < -0.39 is 60.6 Å². The highest BCUT2D eigenvalue weighted by Gasteiger charge is 2.41. The largest absolute Gasteiger partial charge is 0.508 e. The number of carbonyl (C=O) groups excluding carboxylic acids is 3. The van der Waals surface area contributed by atoms with E-state index in [-0.39, 0.29) is 34.9 Å². The number of aromatic hydroxyl groups is 1. The van der Waals surface area contributed by atoms with Crippen molar-refractivity contribution in [1.82, 2.24) is 15.5 Å². The van der Waals surface area contributed by atoms with E-state index in [1.165, 1.54) is 38.1 Å². The fourth-order valence-corrected chi connectivity index (χ4v) is 4.80. The molecule has 0 aromatic heterocycles. The van der Waals surface area contributed by atoms with Gasteiger partial charge in [-0.05, 0) is 48.7 Å². The van der Waals surface area contributed by atoms with Crippen LogP contribution in [-0.4, -0.2) is 63.5 Å². The molecule has 0 saturated heterocycles. The molecular weight excluding hydrogens is 611 g/mol. The van der Waals surface area contributed by atoms with Gasteiger partial charge in [-0.3, -0.25) is 14.4 Å². The summed E-state index contributed by atoms with van der Waals surface area (Å²) in [5.41, 5.74) is 1.27. The molecule has 240 valence electrons. The molecule has 0 bridgehead atoms. The van der Waals surface area contributed by atoms with Crippen LogP contribution in [0.15, 0.2) is 79.4 Å². The number of phenolic OH excluding ortho intramolecular Hbond substituents is 1. The number of halogens is 4. The van der Waals surface area contributed by atoms with Crippen molar-refractivity contribution in [2.45, 2.75) is 57.3 Å². The summed E-state index contributed by atoms with van der Waals surface area (Å²) in [6, 6.07) is 13.4. The molecule has 45 heavy (non-hydrogen) atoms. The predicted molar refractivity (Wildman–Crippen MR) is 164 cm³/mol. The van der Waals surface area contributed by atoms with Gasteiger partial charge in [-0.1, -0.05) is 67.1 Å². The molecule has 0 fully saturated rings. The number of rotatable bonds is 14. The molecule has 0 aliphatic heterocycles. The van der Waals surface area contributed by atoms with Crippen LogP contribution < -0.4 is 10.6 Å². The minimum absolute atomic E-state index is 0.0211. The lowest BCUT2D eigenvalue weighted by molar-refractivity contribution is -0.153. The third-order valence-corrected chi connectivity index (χ3v) is 7.65. The van der Waals surface area contributed by atoms with Gasteiger partial charge in [-0.25, -0.2) is 13.2 Å². The summed E-state index contributed by atoms with van der Waals surface area (Å²) in [6.45, 7) is 4.82. The van der Waals surface area contributed by atoms with Gasteiger partial charge in [-0.2, -0.15) is 0 Å². The Balaban J connectivity index is 1.94. The van der Waals surface area contributed by atoms with Crippen LogP contribution in [0.4, 0.5) is 13.2 Å². The lowest BCUT2D eigenvalue weighted by Crippen LogP contribution is -2.59. The Bertz CT molecular complexity index is 1520. The maximum Gasteiger partial charge on any atom is 0.265 e. The fraction of sp³-hybridized carbons (Fsp3) is 0.303. The highest BCUT2D eigenvalue weighted by molar-refractivity contribution is 6.31. The summed E-state index contributed by atoms with van der Waals surface area (Å²) in [5, 5.41) is 26.6. The zero-order valence-corrected chi connectivity index (χ0v) is 25.5. The van der Waals surface area contributed by atoms with Crippen molar-refractivity contribution in [2.24, 2.45) is 0 Å². The first kappa shape index (κ1) is 35.1. The molecule has 3 rings (SSSR count). The van der Waals surface area contributed by atoms with Crippen molar-refractivity contribution in [1.29, 1.82) is 0 Å². The molecule has 0 heterocycles. The van der Waals surface area contributed by atoms with Crippen molar-refractivity contribution in [2.75, 3.05) is 6.54 Å². The van der Waals surface area contributed by atoms with Crippen LogP contribution >= 0.6 is 11.6 Å². The van der Waals surface area contributed by atoms with Gasteiger partial charge in [0.25, 0.3) is 17.7 Å². The number of carbonyl (C=O) groups is 3. The molecule has 3 atom stereocenters. The summed E-state index contributed by atoms with van der Waals surface area (Å²) in [5.74, 6) is -7.07. The molecule has 4 N–H and O–H groups in total. The molecule has 0 unspecified atom stereocenters. The highest BCUT2D eigenvalue weighted by atomic mass is 35.5. The quantitative estimate of drug-likeness (QED) is 0.185. The number of hydrogen-bond donors (Lipinski definition) is 4. The van der Waals surface area contributed by atoms with Crippen LogP contribution in [0.25, 0.3) is 0 Å². The highest BCUT2D eigenvalue weighted by Crippen LogP contribution is 2.24. The molecule has 12 heteroatoms. The SMILES string of the molecule is C=C[C@@H](C(=O)NCc1ccc(F)cc1Cl)N(CC(F)(F)CC)C(=O)[C@@H](O)[C@H](Cc1ccccc1)NC(=O)c1cccc(O)c1C. The first-order chi connectivity index (χ1) is 21.3. The second-order valence-electron chi connectivity index (χ2n) is 10.5. The number of hydrogen-bond acceptors (Lipinski definition) is 5. The molecule has 3 aromatic carbocycles. The second kappa shape index (κ2) is 15.6. The predicted octanol–water partition coefficient (Wildman–Crippen LogP) is 4.94. The molecule has 0 radical (unpaired) electrons. The maximum absolute atomic E-state index is 14.8. The molecule has 3 amide bonds. The van der Waals surface area contributed by atoms with Crippen molar-refractivity contribution in [3.63, 3.8) is 0 Å². The third kappa shape index (κ3) is 9.32. The molecule has 0 saturated carbocycles. The summed E-state index contributed by atoms with van der Waals surface area (Å²) in [4.78, 5) is 40.9.